The first-order chi connectivity index (χ1) is 8.66. The number of anilines is 1. The predicted octanol–water partition coefficient (Wildman–Crippen LogP) is 1.80. The molecule has 1 saturated heterocycles. The van der Waals surface area contributed by atoms with E-state index in [4.69, 9.17) is 4.74 Å². The minimum atomic E-state index is 0.470. The number of rotatable bonds is 5. The number of hydrogen-bond acceptors (Lipinski definition) is 4. The molecule has 0 bridgehead atoms. The second kappa shape index (κ2) is 6.16. The first kappa shape index (κ1) is 13.3. The maximum Gasteiger partial charge on any atom is 0.128 e. The third-order valence-electron chi connectivity index (χ3n) is 3.34. The van der Waals surface area contributed by atoms with Crippen molar-refractivity contribution in [2.75, 3.05) is 25.2 Å². The van der Waals surface area contributed by atoms with Crippen molar-refractivity contribution < 1.29 is 4.74 Å². The molecule has 1 atom stereocenters. The zero-order valence-electron chi connectivity index (χ0n) is 11.5. The molecular weight excluding hydrogens is 226 g/mol. The van der Waals surface area contributed by atoms with Gasteiger partial charge in [0, 0.05) is 32.4 Å². The van der Waals surface area contributed by atoms with E-state index in [9.17, 15) is 0 Å². The van der Waals surface area contributed by atoms with E-state index in [1.807, 2.05) is 6.20 Å². The average molecular weight is 249 g/mol. The standard InChI is InChI=1S/C14H23N3O/c1-11(2)15-8-12-4-5-14(16-9-12)17(3)13-6-7-18-10-13/h4-5,9,11,13,15H,6-8,10H2,1-3H3. The number of nitrogens with one attached hydrogen (secondary N) is 1. The molecule has 1 unspecified atom stereocenters. The van der Waals surface area contributed by atoms with Gasteiger partial charge in [-0.3, -0.25) is 0 Å². The minimum absolute atomic E-state index is 0.470. The largest absolute Gasteiger partial charge is 0.379 e. The van der Waals surface area contributed by atoms with E-state index in [1.54, 1.807) is 0 Å². The van der Waals surface area contributed by atoms with E-state index in [1.165, 1.54) is 5.56 Å². The van der Waals surface area contributed by atoms with Gasteiger partial charge in [0.05, 0.1) is 12.6 Å². The molecule has 2 rings (SSSR count). The van der Waals surface area contributed by atoms with Gasteiger partial charge in [-0.15, -0.1) is 0 Å². The van der Waals surface area contributed by atoms with E-state index in [2.05, 4.69) is 48.2 Å². The number of hydrogen-bond donors (Lipinski definition) is 1. The third kappa shape index (κ3) is 3.43. The molecule has 0 spiro atoms. The summed E-state index contributed by atoms with van der Waals surface area (Å²) >= 11 is 0. The van der Waals surface area contributed by atoms with Crippen molar-refractivity contribution >= 4 is 5.82 Å². The molecule has 0 radical (unpaired) electrons. The van der Waals surface area contributed by atoms with Gasteiger partial charge in [0.2, 0.25) is 0 Å². The smallest absolute Gasteiger partial charge is 0.128 e. The molecule has 0 amide bonds. The van der Waals surface area contributed by atoms with Crippen LogP contribution in [0.15, 0.2) is 18.3 Å². The quantitative estimate of drug-likeness (QED) is 0.863. The maximum absolute atomic E-state index is 5.41. The summed E-state index contributed by atoms with van der Waals surface area (Å²) in [5.41, 5.74) is 1.23. The average Bonchev–Trinajstić information content (AvgIpc) is 2.90. The van der Waals surface area contributed by atoms with Crippen LogP contribution in [0.2, 0.25) is 0 Å². The summed E-state index contributed by atoms with van der Waals surface area (Å²) in [6.07, 6.45) is 3.05. The molecule has 4 heteroatoms. The van der Waals surface area contributed by atoms with Crippen LogP contribution < -0.4 is 10.2 Å². The third-order valence-corrected chi connectivity index (χ3v) is 3.34. The fourth-order valence-electron chi connectivity index (χ4n) is 2.07. The monoisotopic (exact) mass is 249 g/mol. The minimum Gasteiger partial charge on any atom is -0.379 e. The highest BCUT2D eigenvalue weighted by molar-refractivity contribution is 5.39. The van der Waals surface area contributed by atoms with Crippen molar-refractivity contribution in [2.45, 2.75) is 38.9 Å². The second-order valence-corrected chi connectivity index (χ2v) is 5.19. The van der Waals surface area contributed by atoms with Crippen LogP contribution in [-0.2, 0) is 11.3 Å². The topological polar surface area (TPSA) is 37.4 Å². The Labute approximate surface area is 109 Å². The van der Waals surface area contributed by atoms with Crippen molar-refractivity contribution in [1.82, 2.24) is 10.3 Å². The van der Waals surface area contributed by atoms with Crippen molar-refractivity contribution in [1.29, 1.82) is 0 Å². The lowest BCUT2D eigenvalue weighted by Crippen LogP contribution is -2.32. The Kier molecular flexibility index (Phi) is 4.55. The van der Waals surface area contributed by atoms with E-state index in [0.29, 0.717) is 12.1 Å². The summed E-state index contributed by atoms with van der Waals surface area (Å²) in [6.45, 7) is 6.85. The van der Waals surface area contributed by atoms with E-state index >= 15 is 0 Å². The molecule has 18 heavy (non-hydrogen) atoms. The Morgan fingerprint density at radius 1 is 1.50 bits per heavy atom. The molecule has 1 aliphatic rings. The highest BCUT2D eigenvalue weighted by Gasteiger charge is 2.21. The molecule has 1 aliphatic heterocycles. The number of pyridine rings is 1. The zero-order valence-corrected chi connectivity index (χ0v) is 11.5. The summed E-state index contributed by atoms with van der Waals surface area (Å²) in [4.78, 5) is 6.75. The zero-order chi connectivity index (χ0) is 13.0. The highest BCUT2D eigenvalue weighted by Crippen LogP contribution is 2.18. The van der Waals surface area contributed by atoms with Gasteiger partial charge in [0.1, 0.15) is 5.82 Å². The van der Waals surface area contributed by atoms with E-state index in [-0.39, 0.29) is 0 Å². The number of nitrogens with zero attached hydrogens (tertiary/aromatic N) is 2. The molecule has 2 heterocycles. The second-order valence-electron chi connectivity index (χ2n) is 5.19. The lowest BCUT2D eigenvalue weighted by atomic mass is 10.2. The number of aromatic nitrogens is 1. The Morgan fingerprint density at radius 3 is 2.89 bits per heavy atom. The molecule has 1 fully saturated rings. The molecule has 1 aromatic heterocycles. The predicted molar refractivity (Wildman–Crippen MR) is 73.8 cm³/mol. The van der Waals surface area contributed by atoms with Gasteiger partial charge in [-0.2, -0.15) is 0 Å². The van der Waals surface area contributed by atoms with Crippen molar-refractivity contribution in [3.63, 3.8) is 0 Å². The number of ether oxygens (including phenoxy) is 1. The summed E-state index contributed by atoms with van der Waals surface area (Å²) in [5.74, 6) is 1.03. The Bertz CT molecular complexity index is 358. The Morgan fingerprint density at radius 2 is 2.33 bits per heavy atom. The normalized spacial score (nSPS) is 19.4. The molecule has 1 N–H and O–H groups in total. The summed E-state index contributed by atoms with van der Waals surface area (Å²) in [7, 11) is 2.09. The van der Waals surface area contributed by atoms with Crippen molar-refractivity contribution in [2.24, 2.45) is 0 Å². The van der Waals surface area contributed by atoms with Crippen LogP contribution in [0.25, 0.3) is 0 Å². The summed E-state index contributed by atoms with van der Waals surface area (Å²) < 4.78 is 5.41. The Balaban J connectivity index is 1.93. The maximum atomic E-state index is 5.41. The van der Waals surface area contributed by atoms with Crippen LogP contribution in [0, 0.1) is 0 Å². The van der Waals surface area contributed by atoms with Gasteiger partial charge in [-0.25, -0.2) is 4.98 Å². The van der Waals surface area contributed by atoms with Crippen molar-refractivity contribution in [3.05, 3.63) is 23.9 Å². The van der Waals surface area contributed by atoms with Crippen LogP contribution >= 0.6 is 0 Å². The molecule has 0 saturated carbocycles. The van der Waals surface area contributed by atoms with Gasteiger partial charge in [-0.05, 0) is 18.1 Å². The van der Waals surface area contributed by atoms with Crippen LogP contribution in [0.5, 0.6) is 0 Å². The fraction of sp³-hybridized carbons (Fsp3) is 0.643. The molecule has 1 aromatic rings. The molecule has 100 valence electrons. The van der Waals surface area contributed by atoms with Crippen LogP contribution in [0.1, 0.15) is 25.8 Å². The number of likely N-dealkylation sites (N-methyl/N-ethyl adjacent to an activating group) is 1. The first-order valence-electron chi connectivity index (χ1n) is 6.65. The first-order valence-corrected chi connectivity index (χ1v) is 6.65. The summed E-state index contributed by atoms with van der Waals surface area (Å²) in [6, 6.07) is 5.21. The van der Waals surface area contributed by atoms with Crippen LogP contribution in [-0.4, -0.2) is 37.3 Å². The molecular formula is C14H23N3O. The van der Waals surface area contributed by atoms with Crippen LogP contribution in [0.3, 0.4) is 0 Å². The van der Waals surface area contributed by atoms with Gasteiger partial charge >= 0.3 is 0 Å². The summed E-state index contributed by atoms with van der Waals surface area (Å²) in [5, 5.41) is 3.39. The Hall–Kier alpha value is -1.13. The van der Waals surface area contributed by atoms with Gasteiger partial charge in [0.15, 0.2) is 0 Å². The van der Waals surface area contributed by atoms with Crippen LogP contribution in [0.4, 0.5) is 5.82 Å². The van der Waals surface area contributed by atoms with E-state index in [0.717, 1.165) is 32.0 Å². The van der Waals surface area contributed by atoms with Crippen molar-refractivity contribution in [3.8, 4) is 0 Å². The molecule has 0 aromatic carbocycles. The lowest BCUT2D eigenvalue weighted by Gasteiger charge is -2.24. The molecule has 0 aliphatic carbocycles. The van der Waals surface area contributed by atoms with Gasteiger partial charge in [0.25, 0.3) is 0 Å². The lowest BCUT2D eigenvalue weighted by molar-refractivity contribution is 0.193. The highest BCUT2D eigenvalue weighted by atomic mass is 16.5. The molecule has 4 nitrogen and oxygen atoms in total. The van der Waals surface area contributed by atoms with Gasteiger partial charge < -0.3 is 15.0 Å². The SMILES string of the molecule is CC(C)NCc1ccc(N(C)C2CCOC2)nc1. The fourth-order valence-corrected chi connectivity index (χ4v) is 2.07. The van der Waals surface area contributed by atoms with E-state index < -0.39 is 0 Å². The van der Waals surface area contributed by atoms with Gasteiger partial charge in [-0.1, -0.05) is 19.9 Å².